The number of hydrogen-bond acceptors (Lipinski definition) is 6. The first-order chi connectivity index (χ1) is 16.7. The van der Waals surface area contributed by atoms with Crippen LogP contribution in [0.1, 0.15) is 17.2 Å². The number of carbonyl (C=O) groups is 2. The molecule has 0 spiro atoms. The molecule has 186 valence electrons. The van der Waals surface area contributed by atoms with Crippen LogP contribution in [0.25, 0.3) is 5.76 Å². The summed E-state index contributed by atoms with van der Waals surface area (Å²) in [5.41, 5.74) is 0.985. The summed E-state index contributed by atoms with van der Waals surface area (Å²) in [6.07, 6.45) is 0. The Labute approximate surface area is 205 Å². The molecule has 4 rings (SSSR count). The van der Waals surface area contributed by atoms with Gasteiger partial charge in [0.1, 0.15) is 18.8 Å². The van der Waals surface area contributed by atoms with E-state index in [4.69, 9.17) is 4.74 Å². The van der Waals surface area contributed by atoms with Crippen molar-refractivity contribution in [3.05, 3.63) is 71.3 Å². The Bertz CT molecular complexity index is 1220. The van der Waals surface area contributed by atoms with E-state index < -0.39 is 27.8 Å². The minimum Gasteiger partial charge on any atom is -0.507 e. The van der Waals surface area contributed by atoms with Gasteiger partial charge in [0.2, 0.25) is 10.0 Å². The molecule has 0 radical (unpaired) electrons. The number of aliphatic hydroxyl groups is 1. The number of morpholine rings is 1. The molecule has 0 aromatic heterocycles. The van der Waals surface area contributed by atoms with E-state index in [9.17, 15) is 23.1 Å². The third-order valence-electron chi connectivity index (χ3n) is 6.47. The zero-order chi connectivity index (χ0) is 25.2. The Morgan fingerprint density at radius 3 is 2.29 bits per heavy atom. The van der Waals surface area contributed by atoms with Gasteiger partial charge in [-0.05, 0) is 29.8 Å². The van der Waals surface area contributed by atoms with Crippen molar-refractivity contribution in [3.8, 4) is 0 Å². The number of nitrogens with one attached hydrogen (secondary N) is 1. The largest absolute Gasteiger partial charge is 0.507 e. The molecule has 2 aliphatic heterocycles. The van der Waals surface area contributed by atoms with Gasteiger partial charge in [-0.15, -0.1) is 0 Å². The second kappa shape index (κ2) is 10.3. The SMILES string of the molecule is CN(C)S(=O)(=O)c1ccc(C(O)=C2C(=O)C(=O)N(CC[NH+]3CCOCC3)[C@H]2c2ccccc2)cc1. The molecular formula is C25H30N3O6S+. The van der Waals surface area contributed by atoms with Gasteiger partial charge in [-0.3, -0.25) is 9.59 Å². The van der Waals surface area contributed by atoms with Crippen molar-refractivity contribution in [2.24, 2.45) is 0 Å². The monoisotopic (exact) mass is 500 g/mol. The first-order valence-corrected chi connectivity index (χ1v) is 12.9. The molecule has 9 nitrogen and oxygen atoms in total. The summed E-state index contributed by atoms with van der Waals surface area (Å²) < 4.78 is 31.3. The maximum absolute atomic E-state index is 13.1. The van der Waals surface area contributed by atoms with E-state index in [-0.39, 0.29) is 21.8 Å². The van der Waals surface area contributed by atoms with Crippen molar-refractivity contribution in [3.63, 3.8) is 0 Å². The first-order valence-electron chi connectivity index (χ1n) is 11.5. The van der Waals surface area contributed by atoms with Crippen LogP contribution in [0.3, 0.4) is 0 Å². The number of benzene rings is 2. The number of quaternary nitrogens is 1. The number of ether oxygens (including phenoxy) is 1. The summed E-state index contributed by atoms with van der Waals surface area (Å²) in [5.74, 6) is -1.73. The zero-order valence-electron chi connectivity index (χ0n) is 19.8. The van der Waals surface area contributed by atoms with E-state index >= 15 is 0 Å². The molecular weight excluding hydrogens is 470 g/mol. The van der Waals surface area contributed by atoms with Crippen LogP contribution in [-0.2, 0) is 24.3 Å². The van der Waals surface area contributed by atoms with Crippen molar-refractivity contribution in [2.45, 2.75) is 10.9 Å². The fraction of sp³-hybridized carbons (Fsp3) is 0.360. The number of hydrogen-bond donors (Lipinski definition) is 2. The van der Waals surface area contributed by atoms with Crippen LogP contribution in [0.2, 0.25) is 0 Å². The van der Waals surface area contributed by atoms with Crippen LogP contribution in [0.4, 0.5) is 0 Å². The summed E-state index contributed by atoms with van der Waals surface area (Å²) in [6.45, 7) is 4.02. The van der Waals surface area contributed by atoms with Gasteiger partial charge >= 0.3 is 0 Å². The number of ketones is 1. The lowest BCUT2D eigenvalue weighted by Gasteiger charge is -2.29. The van der Waals surface area contributed by atoms with Crippen LogP contribution in [0, 0.1) is 0 Å². The summed E-state index contributed by atoms with van der Waals surface area (Å²) in [6, 6.07) is 14.0. The molecule has 1 atom stereocenters. The van der Waals surface area contributed by atoms with Gasteiger partial charge < -0.3 is 19.6 Å². The highest BCUT2D eigenvalue weighted by Crippen LogP contribution is 2.39. The molecule has 2 aliphatic rings. The van der Waals surface area contributed by atoms with Crippen molar-refractivity contribution < 1.29 is 32.8 Å². The molecule has 2 aromatic rings. The average molecular weight is 501 g/mol. The number of carbonyl (C=O) groups excluding carboxylic acids is 2. The van der Waals surface area contributed by atoms with Gasteiger partial charge in [0.15, 0.2) is 0 Å². The number of aliphatic hydroxyl groups excluding tert-OH is 1. The highest BCUT2D eigenvalue weighted by atomic mass is 32.2. The fourth-order valence-corrected chi connectivity index (χ4v) is 5.33. The lowest BCUT2D eigenvalue weighted by molar-refractivity contribution is -0.907. The maximum atomic E-state index is 13.1. The standard InChI is InChI=1S/C25H29N3O6S/c1-26(2)35(32,33)20-10-8-19(9-11-20)23(29)21-22(18-6-4-3-5-7-18)28(25(31)24(21)30)13-12-27-14-16-34-17-15-27/h3-11,22,29H,12-17H2,1-2H3/p+1/t22-/m0/s1. The Kier molecular flexibility index (Phi) is 7.36. The molecule has 1 amide bonds. The van der Waals surface area contributed by atoms with E-state index in [1.165, 1.54) is 48.2 Å². The molecule has 0 aliphatic carbocycles. The normalized spacial score (nSPS) is 21.1. The van der Waals surface area contributed by atoms with Gasteiger partial charge in [-0.25, -0.2) is 12.7 Å². The summed E-state index contributed by atoms with van der Waals surface area (Å²) >= 11 is 0. The number of sulfonamides is 1. The van der Waals surface area contributed by atoms with Gasteiger partial charge in [0.05, 0.1) is 42.8 Å². The molecule has 0 saturated carbocycles. The lowest BCUT2D eigenvalue weighted by Crippen LogP contribution is -3.14. The number of Topliss-reactive ketones (excluding diaryl/α,β-unsaturated/α-hetero) is 1. The van der Waals surface area contributed by atoms with Gasteiger partial charge in [0.25, 0.3) is 11.7 Å². The quantitative estimate of drug-likeness (QED) is 0.321. The minimum absolute atomic E-state index is 0.00129. The molecule has 2 saturated heterocycles. The third-order valence-corrected chi connectivity index (χ3v) is 8.30. The number of amides is 1. The number of nitrogens with zero attached hydrogens (tertiary/aromatic N) is 2. The van der Waals surface area contributed by atoms with E-state index in [0.717, 1.165) is 23.0 Å². The average Bonchev–Trinajstić information content (AvgIpc) is 3.13. The highest BCUT2D eigenvalue weighted by Gasteiger charge is 2.46. The number of rotatable bonds is 7. The molecule has 35 heavy (non-hydrogen) atoms. The van der Waals surface area contributed by atoms with Crippen molar-refractivity contribution >= 4 is 27.5 Å². The van der Waals surface area contributed by atoms with E-state index in [1.54, 1.807) is 0 Å². The van der Waals surface area contributed by atoms with E-state index in [0.29, 0.717) is 26.3 Å². The lowest BCUT2D eigenvalue weighted by atomic mass is 9.95. The molecule has 2 heterocycles. The molecule has 2 fully saturated rings. The van der Waals surface area contributed by atoms with Crippen LogP contribution < -0.4 is 4.90 Å². The summed E-state index contributed by atoms with van der Waals surface area (Å²) in [7, 11) is -0.776. The van der Waals surface area contributed by atoms with E-state index in [2.05, 4.69) is 0 Å². The van der Waals surface area contributed by atoms with Crippen LogP contribution >= 0.6 is 0 Å². The minimum atomic E-state index is -3.64. The smallest absolute Gasteiger partial charge is 0.295 e. The summed E-state index contributed by atoms with van der Waals surface area (Å²) in [5, 5.41) is 11.2. The first kappa shape index (κ1) is 25.1. The van der Waals surface area contributed by atoms with Gasteiger partial charge in [0, 0.05) is 19.7 Å². The maximum Gasteiger partial charge on any atom is 0.295 e. The van der Waals surface area contributed by atoms with Crippen molar-refractivity contribution in [1.29, 1.82) is 0 Å². The molecule has 0 unspecified atom stereocenters. The third kappa shape index (κ3) is 5.01. The van der Waals surface area contributed by atoms with Crippen molar-refractivity contribution in [2.75, 3.05) is 53.5 Å². The molecule has 10 heteroatoms. The van der Waals surface area contributed by atoms with Crippen LogP contribution in [0.15, 0.2) is 65.1 Å². The Morgan fingerprint density at radius 1 is 1.06 bits per heavy atom. The zero-order valence-corrected chi connectivity index (χ0v) is 20.6. The Morgan fingerprint density at radius 2 is 1.69 bits per heavy atom. The predicted octanol–water partition coefficient (Wildman–Crippen LogP) is 0.274. The number of likely N-dealkylation sites (tertiary alicyclic amines) is 1. The second-order valence-corrected chi connectivity index (χ2v) is 11.0. The fourth-order valence-electron chi connectivity index (χ4n) is 4.43. The van der Waals surface area contributed by atoms with E-state index in [1.807, 2.05) is 30.3 Å². The van der Waals surface area contributed by atoms with Crippen LogP contribution in [0.5, 0.6) is 0 Å². The second-order valence-electron chi connectivity index (χ2n) is 8.83. The predicted molar refractivity (Wildman–Crippen MR) is 129 cm³/mol. The van der Waals surface area contributed by atoms with Gasteiger partial charge in [-0.1, -0.05) is 30.3 Å². The molecule has 0 bridgehead atoms. The Balaban J connectivity index is 1.71. The molecule has 2 N–H and O–H groups in total. The molecule has 2 aromatic carbocycles. The summed E-state index contributed by atoms with van der Waals surface area (Å²) in [4.78, 5) is 29.1. The Hall–Kier alpha value is -3.05. The van der Waals surface area contributed by atoms with Crippen molar-refractivity contribution in [1.82, 2.24) is 9.21 Å². The van der Waals surface area contributed by atoms with Crippen LogP contribution in [-0.4, -0.2) is 87.9 Å². The topological polar surface area (TPSA) is 109 Å². The van der Waals surface area contributed by atoms with Gasteiger partial charge in [-0.2, -0.15) is 0 Å². The highest BCUT2D eigenvalue weighted by molar-refractivity contribution is 7.89.